The molecule has 8 nitrogen and oxygen atoms in total. The molecule has 3 aromatic rings. The minimum absolute atomic E-state index is 0.0307. The van der Waals surface area contributed by atoms with Crippen LogP contribution >= 0.6 is 11.6 Å². The molecule has 1 amide bonds. The van der Waals surface area contributed by atoms with Crippen molar-refractivity contribution in [2.45, 2.75) is 4.90 Å². The number of carbonyl (C=O) groups excluding carboxylic acids is 1. The molecule has 0 radical (unpaired) electrons. The monoisotopic (exact) mass is 488 g/mol. The number of rotatable bonds is 8. The number of benzene rings is 3. The maximum absolute atomic E-state index is 12.9. The Morgan fingerprint density at radius 1 is 1.06 bits per heavy atom. The minimum atomic E-state index is -3.92. The first-order chi connectivity index (χ1) is 15.8. The minimum Gasteiger partial charge on any atom is -0.492 e. The number of nitrogens with zero attached hydrogens (tertiary/aromatic N) is 1. The van der Waals surface area contributed by atoms with E-state index in [1.807, 2.05) is 0 Å². The van der Waals surface area contributed by atoms with Gasteiger partial charge in [0.05, 0.1) is 17.1 Å². The molecule has 0 atom stereocenters. The van der Waals surface area contributed by atoms with E-state index in [4.69, 9.17) is 25.8 Å². The number of anilines is 1. The van der Waals surface area contributed by atoms with Gasteiger partial charge < -0.3 is 19.1 Å². The van der Waals surface area contributed by atoms with Crippen LogP contribution < -0.4 is 18.9 Å². The Kier molecular flexibility index (Phi) is 6.62. The number of amides is 1. The van der Waals surface area contributed by atoms with E-state index in [0.29, 0.717) is 34.5 Å². The van der Waals surface area contributed by atoms with Gasteiger partial charge in [0.25, 0.3) is 15.9 Å². The van der Waals surface area contributed by atoms with Gasteiger partial charge in [0.2, 0.25) is 6.79 Å². The first-order valence-electron chi connectivity index (χ1n) is 9.98. The Balaban J connectivity index is 1.40. The topological polar surface area (TPSA) is 94.2 Å². The molecule has 0 saturated heterocycles. The second-order valence-corrected chi connectivity index (χ2v) is 9.35. The predicted molar refractivity (Wildman–Crippen MR) is 124 cm³/mol. The second-order valence-electron chi connectivity index (χ2n) is 7.23. The van der Waals surface area contributed by atoms with E-state index in [1.54, 1.807) is 55.6 Å². The third-order valence-electron chi connectivity index (χ3n) is 4.87. The molecule has 0 aliphatic carbocycles. The van der Waals surface area contributed by atoms with Crippen LogP contribution in [-0.4, -0.2) is 46.2 Å². The van der Waals surface area contributed by atoms with Crippen LogP contribution in [0.2, 0.25) is 5.02 Å². The van der Waals surface area contributed by atoms with Gasteiger partial charge in [-0.05, 0) is 54.6 Å². The van der Waals surface area contributed by atoms with E-state index in [9.17, 15) is 13.2 Å². The van der Waals surface area contributed by atoms with Crippen molar-refractivity contribution in [1.82, 2.24) is 4.90 Å². The van der Waals surface area contributed by atoms with Gasteiger partial charge in [-0.25, -0.2) is 8.42 Å². The van der Waals surface area contributed by atoms with Gasteiger partial charge in [0, 0.05) is 23.7 Å². The summed E-state index contributed by atoms with van der Waals surface area (Å²) in [6, 6.07) is 17.5. The quantitative estimate of drug-likeness (QED) is 0.514. The van der Waals surface area contributed by atoms with Crippen LogP contribution in [0, 0.1) is 0 Å². The van der Waals surface area contributed by atoms with Crippen molar-refractivity contribution in [3.8, 4) is 17.2 Å². The summed E-state index contributed by atoms with van der Waals surface area (Å²) in [6.07, 6.45) is 0. The molecule has 10 heteroatoms. The van der Waals surface area contributed by atoms with Crippen molar-refractivity contribution in [2.75, 3.05) is 31.7 Å². The molecule has 3 aromatic carbocycles. The highest BCUT2D eigenvalue weighted by Gasteiger charge is 2.20. The summed E-state index contributed by atoms with van der Waals surface area (Å²) in [5.41, 5.74) is 0.574. The first kappa shape index (κ1) is 22.8. The van der Waals surface area contributed by atoms with Crippen molar-refractivity contribution in [3.63, 3.8) is 0 Å². The molecule has 0 saturated carbocycles. The molecule has 0 spiro atoms. The number of halogens is 1. The van der Waals surface area contributed by atoms with Crippen LogP contribution in [-0.2, 0) is 10.0 Å². The first-order valence-corrected chi connectivity index (χ1v) is 11.8. The fourth-order valence-corrected chi connectivity index (χ4v) is 4.34. The summed E-state index contributed by atoms with van der Waals surface area (Å²) in [7, 11) is -2.30. The smallest absolute Gasteiger partial charge is 0.261 e. The van der Waals surface area contributed by atoms with Crippen LogP contribution in [0.3, 0.4) is 0 Å². The maximum atomic E-state index is 12.9. The number of sulfonamides is 1. The number of hydrogen-bond donors (Lipinski definition) is 1. The Morgan fingerprint density at radius 3 is 2.61 bits per heavy atom. The zero-order chi connectivity index (χ0) is 23.4. The summed E-state index contributed by atoms with van der Waals surface area (Å²) in [5, 5.41) is 0.609. The summed E-state index contributed by atoms with van der Waals surface area (Å²) in [6.45, 7) is 0.676. The maximum Gasteiger partial charge on any atom is 0.261 e. The molecule has 1 aliphatic rings. The largest absolute Gasteiger partial charge is 0.492 e. The molecule has 1 heterocycles. The highest BCUT2D eigenvalue weighted by atomic mass is 35.5. The number of likely N-dealkylation sites (N-methyl/N-ethyl adjacent to an activating group) is 1. The molecule has 33 heavy (non-hydrogen) atoms. The molecule has 4 rings (SSSR count). The van der Waals surface area contributed by atoms with Crippen molar-refractivity contribution < 1.29 is 27.4 Å². The molecule has 1 N–H and O–H groups in total. The summed E-state index contributed by atoms with van der Waals surface area (Å²) in [4.78, 5) is 14.2. The van der Waals surface area contributed by atoms with Gasteiger partial charge in [-0.1, -0.05) is 17.7 Å². The molecule has 0 bridgehead atoms. The zero-order valence-electron chi connectivity index (χ0n) is 17.7. The van der Waals surface area contributed by atoms with E-state index in [1.165, 1.54) is 23.1 Å². The van der Waals surface area contributed by atoms with Gasteiger partial charge in [0.15, 0.2) is 11.5 Å². The number of nitrogens with one attached hydrogen (secondary N) is 1. The molecular weight excluding hydrogens is 468 g/mol. The molecule has 0 fully saturated rings. The molecular formula is C23H21ClN2O6S. The lowest BCUT2D eigenvalue weighted by Crippen LogP contribution is -2.31. The van der Waals surface area contributed by atoms with E-state index in [2.05, 4.69) is 4.72 Å². The van der Waals surface area contributed by atoms with Crippen LogP contribution in [0.15, 0.2) is 71.6 Å². The van der Waals surface area contributed by atoms with E-state index in [-0.39, 0.29) is 29.8 Å². The van der Waals surface area contributed by atoms with Crippen molar-refractivity contribution in [2.24, 2.45) is 0 Å². The molecule has 0 aromatic heterocycles. The van der Waals surface area contributed by atoms with Crippen LogP contribution in [0.1, 0.15) is 10.4 Å². The average molecular weight is 489 g/mol. The lowest BCUT2D eigenvalue weighted by Gasteiger charge is -2.18. The van der Waals surface area contributed by atoms with Gasteiger partial charge in [-0.2, -0.15) is 0 Å². The highest BCUT2D eigenvalue weighted by Crippen LogP contribution is 2.34. The highest BCUT2D eigenvalue weighted by molar-refractivity contribution is 7.92. The number of carbonyl (C=O) groups is 1. The van der Waals surface area contributed by atoms with Gasteiger partial charge >= 0.3 is 0 Å². The summed E-state index contributed by atoms with van der Waals surface area (Å²) < 4.78 is 44.4. The number of fused-ring (bicyclic) bond motifs is 1. The van der Waals surface area contributed by atoms with Gasteiger partial charge in [0.1, 0.15) is 12.4 Å². The lowest BCUT2D eigenvalue weighted by atomic mass is 10.2. The summed E-state index contributed by atoms with van der Waals surface area (Å²) >= 11 is 5.85. The molecule has 0 unspecified atom stereocenters. The van der Waals surface area contributed by atoms with E-state index < -0.39 is 10.0 Å². The van der Waals surface area contributed by atoms with Crippen LogP contribution in [0.5, 0.6) is 17.2 Å². The normalized spacial score (nSPS) is 12.3. The zero-order valence-corrected chi connectivity index (χ0v) is 19.2. The summed E-state index contributed by atoms with van der Waals surface area (Å²) in [5.74, 6) is 1.33. The Hall–Kier alpha value is -3.43. The van der Waals surface area contributed by atoms with E-state index >= 15 is 0 Å². The molecule has 172 valence electrons. The Labute approximate surface area is 196 Å². The van der Waals surface area contributed by atoms with Crippen molar-refractivity contribution in [1.29, 1.82) is 0 Å². The Morgan fingerprint density at radius 2 is 1.82 bits per heavy atom. The SMILES string of the molecule is CN(CCOc1ccc(Cl)cc1)C(=O)c1cccc(S(=O)(=O)Nc2ccc3c(c2)OCO3)c1. The Bertz CT molecular complexity index is 1260. The van der Waals surface area contributed by atoms with E-state index in [0.717, 1.165) is 0 Å². The molecule has 1 aliphatic heterocycles. The van der Waals surface area contributed by atoms with Gasteiger partial charge in [-0.15, -0.1) is 0 Å². The van der Waals surface area contributed by atoms with Crippen molar-refractivity contribution in [3.05, 3.63) is 77.3 Å². The second kappa shape index (κ2) is 9.60. The lowest BCUT2D eigenvalue weighted by molar-refractivity contribution is 0.0773. The number of ether oxygens (including phenoxy) is 3. The average Bonchev–Trinajstić information content (AvgIpc) is 3.27. The predicted octanol–water partition coefficient (Wildman–Crippen LogP) is 4.02. The van der Waals surface area contributed by atoms with Crippen LogP contribution in [0.4, 0.5) is 5.69 Å². The van der Waals surface area contributed by atoms with Crippen LogP contribution in [0.25, 0.3) is 0 Å². The third kappa shape index (κ3) is 5.50. The fourth-order valence-electron chi connectivity index (χ4n) is 3.12. The van der Waals surface area contributed by atoms with Crippen molar-refractivity contribution >= 4 is 33.2 Å². The van der Waals surface area contributed by atoms with Gasteiger partial charge in [-0.3, -0.25) is 9.52 Å². The number of hydrogen-bond acceptors (Lipinski definition) is 6. The fraction of sp³-hybridized carbons (Fsp3) is 0.174. The third-order valence-corrected chi connectivity index (χ3v) is 6.50. The standard InChI is InChI=1S/C23H21ClN2O6S/c1-26(11-12-30-19-8-5-17(24)6-9-19)23(27)16-3-2-4-20(13-16)33(28,29)25-18-7-10-21-22(14-18)32-15-31-21/h2-10,13-14,25H,11-12,15H2,1H3.